The Balaban J connectivity index is 1.73. The van der Waals surface area contributed by atoms with Crippen LogP contribution in [0, 0.1) is 5.41 Å². The lowest BCUT2D eigenvalue weighted by Gasteiger charge is -2.35. The van der Waals surface area contributed by atoms with Crippen molar-refractivity contribution < 1.29 is 4.79 Å². The van der Waals surface area contributed by atoms with Crippen molar-refractivity contribution in [2.75, 3.05) is 19.6 Å². The molecule has 0 aromatic carbocycles. The van der Waals surface area contributed by atoms with Crippen LogP contribution in [0.4, 0.5) is 0 Å². The Bertz CT molecular complexity index is 384. The summed E-state index contributed by atoms with van der Waals surface area (Å²) in [5.41, 5.74) is -0.155. The number of nitrogens with one attached hydrogen (secondary N) is 3. The van der Waals surface area contributed by atoms with Gasteiger partial charge in [-0.25, -0.2) is 4.98 Å². The van der Waals surface area contributed by atoms with Crippen molar-refractivity contribution in [2.24, 2.45) is 5.41 Å². The number of aromatic nitrogens is 3. The first-order valence-corrected chi connectivity index (χ1v) is 7.10. The Morgan fingerprint density at radius 1 is 1.47 bits per heavy atom. The molecule has 6 nitrogen and oxygen atoms in total. The summed E-state index contributed by atoms with van der Waals surface area (Å²) in [6.45, 7) is 4.70. The Labute approximate surface area is 113 Å². The van der Waals surface area contributed by atoms with Gasteiger partial charge in [0.05, 0.1) is 5.41 Å². The van der Waals surface area contributed by atoms with Gasteiger partial charge in [-0.2, -0.15) is 5.10 Å². The van der Waals surface area contributed by atoms with Gasteiger partial charge in [0.2, 0.25) is 5.91 Å². The maximum absolute atomic E-state index is 12.3. The maximum Gasteiger partial charge on any atom is 0.226 e. The van der Waals surface area contributed by atoms with Crippen molar-refractivity contribution in [3.8, 4) is 0 Å². The van der Waals surface area contributed by atoms with Gasteiger partial charge in [0.15, 0.2) is 0 Å². The summed E-state index contributed by atoms with van der Waals surface area (Å²) in [6.07, 6.45) is 6.02. The van der Waals surface area contributed by atoms with Gasteiger partial charge in [-0.15, -0.1) is 0 Å². The van der Waals surface area contributed by atoms with Crippen molar-refractivity contribution in [1.82, 2.24) is 25.8 Å². The summed E-state index contributed by atoms with van der Waals surface area (Å²) in [7, 11) is 0. The van der Waals surface area contributed by atoms with Gasteiger partial charge in [0.1, 0.15) is 12.2 Å². The second kappa shape index (κ2) is 6.65. The van der Waals surface area contributed by atoms with Crippen LogP contribution in [0.3, 0.4) is 0 Å². The standard InChI is InChI=1S/C13H23N5O/c1-2-13(5-8-14-9-6-13)12(19)15-7-3-4-11-16-10-17-18-11/h10,14H,2-9H2,1H3,(H,15,19)(H,16,17,18). The zero-order chi connectivity index (χ0) is 13.6. The summed E-state index contributed by atoms with van der Waals surface area (Å²) >= 11 is 0. The van der Waals surface area contributed by atoms with E-state index in [1.807, 2.05) is 0 Å². The fourth-order valence-corrected chi connectivity index (χ4v) is 2.64. The normalized spacial score (nSPS) is 18.2. The summed E-state index contributed by atoms with van der Waals surface area (Å²) in [5.74, 6) is 1.09. The number of carbonyl (C=O) groups is 1. The number of piperidine rings is 1. The van der Waals surface area contributed by atoms with Crippen LogP contribution < -0.4 is 10.6 Å². The third-order valence-corrected chi connectivity index (χ3v) is 4.06. The fourth-order valence-electron chi connectivity index (χ4n) is 2.64. The molecule has 0 aliphatic carbocycles. The Hall–Kier alpha value is -1.43. The Morgan fingerprint density at radius 2 is 2.26 bits per heavy atom. The summed E-state index contributed by atoms with van der Waals surface area (Å²) in [5, 5.41) is 13.0. The molecule has 0 atom stereocenters. The van der Waals surface area contributed by atoms with Gasteiger partial charge >= 0.3 is 0 Å². The third-order valence-electron chi connectivity index (χ3n) is 4.06. The molecule has 0 spiro atoms. The Morgan fingerprint density at radius 3 is 2.89 bits per heavy atom. The second-order valence-electron chi connectivity index (χ2n) is 5.18. The molecular formula is C13H23N5O. The molecule has 6 heteroatoms. The molecule has 1 aliphatic rings. The lowest BCUT2D eigenvalue weighted by atomic mass is 9.76. The number of amides is 1. The molecule has 1 aromatic rings. The third kappa shape index (κ3) is 3.53. The topological polar surface area (TPSA) is 82.7 Å². The van der Waals surface area contributed by atoms with Crippen LogP contribution >= 0.6 is 0 Å². The van der Waals surface area contributed by atoms with E-state index in [-0.39, 0.29) is 11.3 Å². The molecule has 3 N–H and O–H groups in total. The predicted molar refractivity (Wildman–Crippen MR) is 72.5 cm³/mol. The van der Waals surface area contributed by atoms with E-state index in [1.165, 1.54) is 6.33 Å². The minimum Gasteiger partial charge on any atom is -0.356 e. The van der Waals surface area contributed by atoms with Gasteiger partial charge < -0.3 is 10.6 Å². The van der Waals surface area contributed by atoms with Gasteiger partial charge in [0, 0.05) is 13.0 Å². The SMILES string of the molecule is CCC1(C(=O)NCCCc2ncn[nH]2)CCNCC1. The maximum atomic E-state index is 12.3. The lowest BCUT2D eigenvalue weighted by molar-refractivity contribution is -0.132. The zero-order valence-electron chi connectivity index (χ0n) is 11.5. The smallest absolute Gasteiger partial charge is 0.226 e. The molecule has 1 aromatic heterocycles. The quantitative estimate of drug-likeness (QED) is 0.659. The highest BCUT2D eigenvalue weighted by molar-refractivity contribution is 5.82. The average Bonchev–Trinajstić information content (AvgIpc) is 2.97. The zero-order valence-corrected chi connectivity index (χ0v) is 11.5. The van der Waals surface area contributed by atoms with Crippen molar-refractivity contribution in [3.63, 3.8) is 0 Å². The molecule has 106 valence electrons. The van der Waals surface area contributed by atoms with Crippen molar-refractivity contribution in [3.05, 3.63) is 12.2 Å². The second-order valence-corrected chi connectivity index (χ2v) is 5.18. The number of aryl methyl sites for hydroxylation is 1. The van der Waals surface area contributed by atoms with E-state index in [1.54, 1.807) is 0 Å². The van der Waals surface area contributed by atoms with E-state index in [9.17, 15) is 4.79 Å². The molecule has 1 amide bonds. The van der Waals surface area contributed by atoms with E-state index in [0.717, 1.165) is 51.0 Å². The molecule has 1 fully saturated rings. The van der Waals surface area contributed by atoms with Crippen molar-refractivity contribution in [1.29, 1.82) is 0 Å². The van der Waals surface area contributed by atoms with Crippen LogP contribution in [-0.2, 0) is 11.2 Å². The van der Waals surface area contributed by atoms with Crippen LogP contribution in [-0.4, -0.2) is 40.7 Å². The molecule has 1 aliphatic heterocycles. The van der Waals surface area contributed by atoms with Crippen LogP contribution in [0.15, 0.2) is 6.33 Å². The molecule has 2 rings (SSSR count). The number of H-pyrrole nitrogens is 1. The number of aromatic amines is 1. The van der Waals surface area contributed by atoms with E-state index in [4.69, 9.17) is 0 Å². The van der Waals surface area contributed by atoms with Crippen LogP contribution in [0.25, 0.3) is 0 Å². The Kier molecular flexibility index (Phi) is 4.90. The molecular weight excluding hydrogens is 242 g/mol. The van der Waals surface area contributed by atoms with Gasteiger partial charge in [0.25, 0.3) is 0 Å². The van der Waals surface area contributed by atoms with E-state index in [0.29, 0.717) is 6.54 Å². The molecule has 19 heavy (non-hydrogen) atoms. The highest BCUT2D eigenvalue weighted by Crippen LogP contribution is 2.32. The number of rotatable bonds is 6. The van der Waals surface area contributed by atoms with Crippen LogP contribution in [0.1, 0.15) is 38.4 Å². The minimum atomic E-state index is -0.155. The minimum absolute atomic E-state index is 0.155. The average molecular weight is 265 g/mol. The van der Waals surface area contributed by atoms with Crippen molar-refractivity contribution >= 4 is 5.91 Å². The lowest BCUT2D eigenvalue weighted by Crippen LogP contribution is -2.47. The first-order valence-electron chi connectivity index (χ1n) is 7.10. The van der Waals surface area contributed by atoms with E-state index < -0.39 is 0 Å². The molecule has 0 radical (unpaired) electrons. The fraction of sp³-hybridized carbons (Fsp3) is 0.769. The number of hydrogen-bond donors (Lipinski definition) is 3. The van der Waals surface area contributed by atoms with Gasteiger partial charge in [-0.05, 0) is 38.8 Å². The monoisotopic (exact) mass is 265 g/mol. The van der Waals surface area contributed by atoms with Gasteiger partial charge in [-0.3, -0.25) is 9.89 Å². The molecule has 0 unspecified atom stereocenters. The summed E-state index contributed by atoms with van der Waals surface area (Å²) in [6, 6.07) is 0. The number of carbonyl (C=O) groups excluding carboxylic acids is 1. The summed E-state index contributed by atoms with van der Waals surface area (Å²) < 4.78 is 0. The van der Waals surface area contributed by atoms with Crippen LogP contribution in [0.2, 0.25) is 0 Å². The highest BCUT2D eigenvalue weighted by Gasteiger charge is 2.37. The molecule has 2 heterocycles. The first kappa shape index (κ1) is 14.0. The van der Waals surface area contributed by atoms with Crippen molar-refractivity contribution in [2.45, 2.75) is 39.0 Å². The number of hydrogen-bond acceptors (Lipinski definition) is 4. The predicted octanol–water partition coefficient (Wildman–Crippen LogP) is 0.633. The van der Waals surface area contributed by atoms with E-state index >= 15 is 0 Å². The summed E-state index contributed by atoms with van der Waals surface area (Å²) in [4.78, 5) is 16.4. The highest BCUT2D eigenvalue weighted by atomic mass is 16.2. The van der Waals surface area contributed by atoms with Gasteiger partial charge in [-0.1, -0.05) is 6.92 Å². The number of nitrogens with zero attached hydrogens (tertiary/aromatic N) is 2. The molecule has 0 bridgehead atoms. The molecule has 0 saturated carbocycles. The van der Waals surface area contributed by atoms with E-state index in [2.05, 4.69) is 32.7 Å². The first-order chi connectivity index (χ1) is 9.27. The molecule has 1 saturated heterocycles. The largest absolute Gasteiger partial charge is 0.356 e. The van der Waals surface area contributed by atoms with Crippen LogP contribution in [0.5, 0.6) is 0 Å².